The van der Waals surface area contributed by atoms with E-state index < -0.39 is 0 Å². The summed E-state index contributed by atoms with van der Waals surface area (Å²) in [6.07, 6.45) is 4.37. The minimum Gasteiger partial charge on any atom is -0.493 e. The Morgan fingerprint density at radius 3 is 2.80 bits per heavy atom. The number of ether oxygens (including phenoxy) is 1. The minimum absolute atomic E-state index is 0.212. The number of carbonyl (C=O) groups is 1. The number of Topliss-reactive ketones (excluding diaryl/α,β-unsaturated/α-hetero) is 1. The molecule has 1 heterocycles. The van der Waals surface area contributed by atoms with E-state index in [0.717, 1.165) is 54.8 Å². The fourth-order valence-corrected chi connectivity index (χ4v) is 3.93. The smallest absolute Gasteiger partial charge is 0.173 e. The fraction of sp³-hybridized carbons (Fsp3) is 0.500. The van der Waals surface area contributed by atoms with Crippen molar-refractivity contribution >= 4 is 23.1 Å². The maximum absolute atomic E-state index is 12.8. The van der Waals surface area contributed by atoms with Gasteiger partial charge in [0.15, 0.2) is 10.9 Å². The first-order chi connectivity index (χ1) is 12.2. The van der Waals surface area contributed by atoms with Gasteiger partial charge in [-0.15, -0.1) is 0 Å². The zero-order chi connectivity index (χ0) is 17.8. The van der Waals surface area contributed by atoms with E-state index in [1.54, 1.807) is 0 Å². The first-order valence-electron chi connectivity index (χ1n) is 9.23. The van der Waals surface area contributed by atoms with Gasteiger partial charge in [0.2, 0.25) is 0 Å². The number of rotatable bonds is 6. The average molecular weight is 359 g/mol. The Hall–Kier alpha value is -1.88. The topological polar surface area (TPSA) is 41.6 Å². The molecule has 0 bridgehead atoms. The third-order valence-corrected chi connectivity index (χ3v) is 5.03. The lowest BCUT2D eigenvalue weighted by atomic mass is 9.84. The Bertz CT molecular complexity index is 699. The molecule has 1 aliphatic heterocycles. The zero-order valence-corrected chi connectivity index (χ0v) is 15.8. The number of allylic oxidation sites excluding steroid dienone is 1. The van der Waals surface area contributed by atoms with Crippen molar-refractivity contribution in [3.63, 3.8) is 0 Å². The molecule has 0 saturated heterocycles. The van der Waals surface area contributed by atoms with Crippen LogP contribution in [0.3, 0.4) is 0 Å². The largest absolute Gasteiger partial charge is 0.493 e. The van der Waals surface area contributed by atoms with Crippen LogP contribution in [-0.4, -0.2) is 28.9 Å². The number of para-hydroxylation sites is 1. The molecule has 5 heteroatoms. The van der Waals surface area contributed by atoms with Crippen molar-refractivity contribution in [2.75, 3.05) is 13.2 Å². The summed E-state index contributed by atoms with van der Waals surface area (Å²) in [6.45, 7) is 5.73. The number of benzene rings is 1. The molecule has 1 aromatic carbocycles. The maximum atomic E-state index is 12.8. The zero-order valence-electron chi connectivity index (χ0n) is 15.0. The normalized spacial score (nSPS) is 20.4. The van der Waals surface area contributed by atoms with Crippen LogP contribution in [0.15, 0.2) is 35.5 Å². The molecule has 1 atom stereocenters. The highest BCUT2D eigenvalue weighted by Crippen LogP contribution is 2.40. The van der Waals surface area contributed by atoms with Crippen LogP contribution in [0.1, 0.15) is 57.6 Å². The number of hydrogen-bond acceptors (Lipinski definition) is 3. The van der Waals surface area contributed by atoms with E-state index in [2.05, 4.69) is 24.1 Å². The molecule has 1 unspecified atom stereocenters. The summed E-state index contributed by atoms with van der Waals surface area (Å²) in [4.78, 5) is 14.9. The van der Waals surface area contributed by atoms with E-state index in [1.165, 1.54) is 0 Å². The van der Waals surface area contributed by atoms with Crippen molar-refractivity contribution in [1.29, 1.82) is 0 Å². The van der Waals surface area contributed by atoms with Crippen molar-refractivity contribution in [2.45, 2.75) is 52.0 Å². The number of nitrogens with one attached hydrogen (secondary N) is 1. The SMILES string of the molecule is CCCOc1ccccc1C1NC(=S)N(CCC)C2=C1C(=O)CCC2. The summed E-state index contributed by atoms with van der Waals surface area (Å²) in [5, 5.41) is 4.13. The van der Waals surface area contributed by atoms with E-state index in [0.29, 0.717) is 18.1 Å². The predicted molar refractivity (Wildman–Crippen MR) is 104 cm³/mol. The van der Waals surface area contributed by atoms with Crippen molar-refractivity contribution in [1.82, 2.24) is 10.2 Å². The molecule has 134 valence electrons. The van der Waals surface area contributed by atoms with Crippen LogP contribution in [0.2, 0.25) is 0 Å². The van der Waals surface area contributed by atoms with Gasteiger partial charge in [0.1, 0.15) is 5.75 Å². The van der Waals surface area contributed by atoms with Gasteiger partial charge in [-0.1, -0.05) is 32.0 Å². The van der Waals surface area contributed by atoms with Gasteiger partial charge in [0, 0.05) is 29.8 Å². The second kappa shape index (κ2) is 8.00. The van der Waals surface area contributed by atoms with Crippen molar-refractivity contribution in [3.8, 4) is 5.75 Å². The molecule has 0 aromatic heterocycles. The van der Waals surface area contributed by atoms with Gasteiger partial charge < -0.3 is 15.0 Å². The van der Waals surface area contributed by atoms with Gasteiger partial charge in [-0.25, -0.2) is 0 Å². The standard InChI is InChI=1S/C20H26N2O2S/c1-3-12-22-15-9-7-10-16(23)18(15)19(21-20(22)25)14-8-5-6-11-17(14)24-13-4-2/h5-6,8,11,19H,3-4,7,9-10,12-13H2,1-2H3,(H,21,25). The van der Waals surface area contributed by atoms with Crippen LogP contribution < -0.4 is 10.1 Å². The summed E-state index contributed by atoms with van der Waals surface area (Å²) < 4.78 is 5.93. The lowest BCUT2D eigenvalue weighted by molar-refractivity contribution is -0.116. The number of hydrogen-bond donors (Lipinski definition) is 1. The first-order valence-corrected chi connectivity index (χ1v) is 9.64. The summed E-state index contributed by atoms with van der Waals surface area (Å²) in [5.41, 5.74) is 2.98. The summed E-state index contributed by atoms with van der Waals surface area (Å²) in [6, 6.07) is 7.76. The van der Waals surface area contributed by atoms with Crippen molar-refractivity contribution in [3.05, 3.63) is 41.1 Å². The van der Waals surface area contributed by atoms with E-state index in [-0.39, 0.29) is 11.8 Å². The first kappa shape index (κ1) is 17.9. The summed E-state index contributed by atoms with van der Waals surface area (Å²) in [7, 11) is 0. The molecule has 25 heavy (non-hydrogen) atoms. The predicted octanol–water partition coefficient (Wildman–Crippen LogP) is 4.12. The van der Waals surface area contributed by atoms with Gasteiger partial charge in [-0.05, 0) is 44.0 Å². The quantitative estimate of drug-likeness (QED) is 0.775. The molecule has 1 aromatic rings. The lowest BCUT2D eigenvalue weighted by Gasteiger charge is -2.41. The monoisotopic (exact) mass is 358 g/mol. The molecular weight excluding hydrogens is 332 g/mol. The molecule has 1 aliphatic carbocycles. The van der Waals surface area contributed by atoms with Gasteiger partial charge in [0.25, 0.3) is 0 Å². The Morgan fingerprint density at radius 2 is 2.04 bits per heavy atom. The van der Waals surface area contributed by atoms with Crippen LogP contribution in [0, 0.1) is 0 Å². The molecule has 0 saturated carbocycles. The third kappa shape index (κ3) is 3.56. The van der Waals surface area contributed by atoms with Crippen molar-refractivity contribution < 1.29 is 9.53 Å². The van der Waals surface area contributed by atoms with Crippen LogP contribution in [0.25, 0.3) is 0 Å². The number of nitrogens with zero attached hydrogens (tertiary/aromatic N) is 1. The van der Waals surface area contributed by atoms with E-state index in [4.69, 9.17) is 17.0 Å². The molecule has 1 N–H and O–H groups in total. The third-order valence-electron chi connectivity index (χ3n) is 4.70. The summed E-state index contributed by atoms with van der Waals surface area (Å²) in [5.74, 6) is 1.06. The van der Waals surface area contributed by atoms with Crippen LogP contribution in [0.4, 0.5) is 0 Å². The average Bonchev–Trinajstić information content (AvgIpc) is 2.62. The van der Waals surface area contributed by atoms with E-state index in [1.807, 2.05) is 24.3 Å². The number of ketones is 1. The second-order valence-electron chi connectivity index (χ2n) is 6.56. The van der Waals surface area contributed by atoms with Crippen LogP contribution in [0.5, 0.6) is 5.75 Å². The highest BCUT2D eigenvalue weighted by atomic mass is 32.1. The summed E-state index contributed by atoms with van der Waals surface area (Å²) >= 11 is 5.64. The Kier molecular flexibility index (Phi) is 5.74. The van der Waals surface area contributed by atoms with Crippen LogP contribution >= 0.6 is 12.2 Å². The van der Waals surface area contributed by atoms with E-state index >= 15 is 0 Å². The molecule has 4 nitrogen and oxygen atoms in total. The van der Waals surface area contributed by atoms with Crippen LogP contribution in [-0.2, 0) is 4.79 Å². The molecule has 0 amide bonds. The Balaban J connectivity index is 2.06. The highest BCUT2D eigenvalue weighted by molar-refractivity contribution is 7.80. The van der Waals surface area contributed by atoms with Gasteiger partial charge in [0.05, 0.1) is 12.6 Å². The molecule has 3 rings (SSSR count). The fourth-order valence-electron chi connectivity index (χ4n) is 3.61. The second-order valence-corrected chi connectivity index (χ2v) is 6.94. The Labute approximate surface area is 155 Å². The molecular formula is C20H26N2O2S. The van der Waals surface area contributed by atoms with Gasteiger partial charge >= 0.3 is 0 Å². The van der Waals surface area contributed by atoms with Gasteiger partial charge in [-0.2, -0.15) is 0 Å². The Morgan fingerprint density at radius 1 is 1.24 bits per heavy atom. The maximum Gasteiger partial charge on any atom is 0.173 e. The molecule has 0 fully saturated rings. The lowest BCUT2D eigenvalue weighted by Crippen LogP contribution is -2.49. The highest BCUT2D eigenvalue weighted by Gasteiger charge is 2.37. The molecule has 0 spiro atoms. The molecule has 0 radical (unpaired) electrons. The van der Waals surface area contributed by atoms with Crippen molar-refractivity contribution in [2.24, 2.45) is 0 Å². The van der Waals surface area contributed by atoms with E-state index in [9.17, 15) is 4.79 Å². The molecule has 2 aliphatic rings. The number of thiocarbonyl (C=S) groups is 1. The number of carbonyl (C=O) groups excluding carboxylic acids is 1. The minimum atomic E-state index is -0.212. The van der Waals surface area contributed by atoms with Gasteiger partial charge in [-0.3, -0.25) is 4.79 Å².